The topological polar surface area (TPSA) is 109 Å². The molecule has 0 bridgehead atoms. The monoisotopic (exact) mass is 587 g/mol. The normalized spacial score (nSPS) is 13.4. The lowest BCUT2D eigenvalue weighted by atomic mass is 9.92. The summed E-state index contributed by atoms with van der Waals surface area (Å²) in [6.45, 7) is 1.35. The van der Waals surface area contributed by atoms with Crippen LogP contribution in [0.5, 0.6) is 11.5 Å². The minimum absolute atomic E-state index is 0.0284. The van der Waals surface area contributed by atoms with Crippen molar-refractivity contribution in [1.29, 1.82) is 0 Å². The van der Waals surface area contributed by atoms with Gasteiger partial charge in [-0.1, -0.05) is 29.8 Å². The molecule has 3 aromatic carbocycles. The molecular weight excluding hydrogens is 558 g/mol. The molecule has 0 aliphatic carbocycles. The molecular formula is C32H30ClN3O6. The Morgan fingerprint density at radius 1 is 1.02 bits per heavy atom. The highest BCUT2D eigenvalue weighted by atomic mass is 35.5. The van der Waals surface area contributed by atoms with E-state index in [9.17, 15) is 14.4 Å². The van der Waals surface area contributed by atoms with Crippen molar-refractivity contribution >= 4 is 35.0 Å². The number of ketones is 1. The number of halogens is 1. The van der Waals surface area contributed by atoms with Crippen molar-refractivity contribution < 1.29 is 23.8 Å². The first-order valence-corrected chi connectivity index (χ1v) is 13.9. The molecule has 42 heavy (non-hydrogen) atoms. The average molecular weight is 588 g/mol. The summed E-state index contributed by atoms with van der Waals surface area (Å²) in [6.07, 6.45) is 2.84. The average Bonchev–Trinajstić information content (AvgIpc) is 3.02. The van der Waals surface area contributed by atoms with Crippen molar-refractivity contribution in [3.8, 4) is 11.5 Å². The zero-order chi connectivity index (χ0) is 29.5. The van der Waals surface area contributed by atoms with E-state index in [1.54, 1.807) is 60.7 Å². The third kappa shape index (κ3) is 7.23. The van der Waals surface area contributed by atoms with Gasteiger partial charge in [-0.05, 0) is 73.0 Å². The Kier molecular flexibility index (Phi) is 9.31. The van der Waals surface area contributed by atoms with E-state index in [4.69, 9.17) is 25.8 Å². The first kappa shape index (κ1) is 29.0. The molecule has 1 aliphatic heterocycles. The van der Waals surface area contributed by atoms with Gasteiger partial charge in [0.25, 0.3) is 5.56 Å². The minimum Gasteiger partial charge on any atom is -0.465 e. The molecule has 0 unspecified atom stereocenters. The van der Waals surface area contributed by atoms with Crippen LogP contribution in [-0.2, 0) is 27.2 Å². The van der Waals surface area contributed by atoms with Crippen LogP contribution in [-0.4, -0.2) is 41.6 Å². The van der Waals surface area contributed by atoms with Crippen LogP contribution in [0.3, 0.4) is 0 Å². The van der Waals surface area contributed by atoms with E-state index in [2.05, 4.69) is 10.3 Å². The van der Waals surface area contributed by atoms with E-state index in [0.717, 1.165) is 5.56 Å². The Balaban J connectivity index is 1.36. The van der Waals surface area contributed by atoms with Crippen molar-refractivity contribution in [2.75, 3.05) is 25.6 Å². The highest BCUT2D eigenvalue weighted by Gasteiger charge is 2.23. The molecule has 0 atom stereocenters. The second-order valence-corrected chi connectivity index (χ2v) is 10.4. The van der Waals surface area contributed by atoms with Gasteiger partial charge in [0, 0.05) is 48.0 Å². The number of nitrogens with zero attached hydrogens (tertiary/aromatic N) is 2. The number of esters is 1. The number of carbonyl (C=O) groups excluding carboxylic acids is 2. The molecule has 0 radical (unpaired) electrons. The summed E-state index contributed by atoms with van der Waals surface area (Å²) in [5, 5.41) is 3.81. The number of carbonyl (C=O) groups is 2. The molecule has 1 fully saturated rings. The molecule has 1 aromatic heterocycles. The van der Waals surface area contributed by atoms with Gasteiger partial charge in [0.1, 0.15) is 17.3 Å². The SMILES string of the molecule is COC(=O)c1cccc(Oc2ccc(Nc3ncc(CC(=O)C4CCOCC4)c(=O)n3Cc3ccc(Cl)cc3)cc2)c1. The highest BCUT2D eigenvalue weighted by Crippen LogP contribution is 2.25. The first-order chi connectivity index (χ1) is 20.4. The van der Waals surface area contributed by atoms with E-state index in [1.807, 2.05) is 12.1 Å². The smallest absolute Gasteiger partial charge is 0.337 e. The van der Waals surface area contributed by atoms with E-state index in [1.165, 1.54) is 17.9 Å². The number of ether oxygens (including phenoxy) is 3. The predicted molar refractivity (Wildman–Crippen MR) is 159 cm³/mol. The lowest BCUT2D eigenvalue weighted by Crippen LogP contribution is -2.31. The van der Waals surface area contributed by atoms with Crippen LogP contribution in [0.15, 0.2) is 83.8 Å². The lowest BCUT2D eigenvalue weighted by Gasteiger charge is -2.21. The number of nitrogens with one attached hydrogen (secondary N) is 1. The first-order valence-electron chi connectivity index (χ1n) is 13.6. The maximum absolute atomic E-state index is 13.7. The fraction of sp³-hybridized carbons (Fsp3) is 0.250. The van der Waals surface area contributed by atoms with Gasteiger partial charge in [-0.15, -0.1) is 0 Å². The van der Waals surface area contributed by atoms with Crippen LogP contribution in [0, 0.1) is 5.92 Å². The van der Waals surface area contributed by atoms with Gasteiger partial charge in [-0.2, -0.15) is 0 Å². The summed E-state index contributed by atoms with van der Waals surface area (Å²) >= 11 is 6.06. The molecule has 1 aliphatic rings. The summed E-state index contributed by atoms with van der Waals surface area (Å²) in [6, 6.07) is 21.0. The van der Waals surface area contributed by atoms with Gasteiger partial charge in [0.2, 0.25) is 5.95 Å². The molecule has 4 aromatic rings. The largest absolute Gasteiger partial charge is 0.465 e. The molecule has 0 saturated carbocycles. The predicted octanol–water partition coefficient (Wildman–Crippen LogP) is 5.81. The maximum Gasteiger partial charge on any atom is 0.337 e. The summed E-state index contributed by atoms with van der Waals surface area (Å²) in [5.41, 5.74) is 1.99. The van der Waals surface area contributed by atoms with E-state index in [-0.39, 0.29) is 30.2 Å². The summed E-state index contributed by atoms with van der Waals surface area (Å²) in [7, 11) is 1.33. The van der Waals surface area contributed by atoms with E-state index >= 15 is 0 Å². The fourth-order valence-electron chi connectivity index (χ4n) is 4.70. The Labute approximate surface area is 248 Å². The zero-order valence-corrected chi connectivity index (χ0v) is 23.8. The quantitative estimate of drug-likeness (QED) is 0.232. The third-order valence-electron chi connectivity index (χ3n) is 7.01. The Hall–Kier alpha value is -4.47. The number of aromatic nitrogens is 2. The number of benzene rings is 3. The van der Waals surface area contributed by atoms with Crippen molar-refractivity contribution in [1.82, 2.24) is 9.55 Å². The highest BCUT2D eigenvalue weighted by molar-refractivity contribution is 6.30. The van der Waals surface area contributed by atoms with Gasteiger partial charge in [0.15, 0.2) is 0 Å². The van der Waals surface area contributed by atoms with Crippen molar-refractivity contribution in [2.24, 2.45) is 5.92 Å². The van der Waals surface area contributed by atoms with Crippen LogP contribution in [0.1, 0.15) is 34.3 Å². The number of Topliss-reactive ketones (excluding diaryl/α,β-unsaturated/α-hetero) is 1. The van der Waals surface area contributed by atoms with Gasteiger partial charge >= 0.3 is 5.97 Å². The van der Waals surface area contributed by atoms with Crippen LogP contribution in [0.4, 0.5) is 11.6 Å². The molecule has 1 saturated heterocycles. The number of rotatable bonds is 10. The summed E-state index contributed by atoms with van der Waals surface area (Å²) in [5.74, 6) is 0.847. The molecule has 1 N–H and O–H groups in total. The van der Waals surface area contributed by atoms with Crippen LogP contribution < -0.4 is 15.6 Å². The molecule has 0 amide bonds. The van der Waals surface area contributed by atoms with Crippen molar-refractivity contribution in [3.05, 3.63) is 111 Å². The Morgan fingerprint density at radius 3 is 2.48 bits per heavy atom. The van der Waals surface area contributed by atoms with Gasteiger partial charge in [-0.3, -0.25) is 14.2 Å². The molecule has 5 rings (SSSR count). The van der Waals surface area contributed by atoms with Gasteiger partial charge in [-0.25, -0.2) is 9.78 Å². The molecule has 216 valence electrons. The molecule has 10 heteroatoms. The maximum atomic E-state index is 13.7. The van der Waals surface area contributed by atoms with E-state index < -0.39 is 5.97 Å². The number of hydrogen-bond acceptors (Lipinski definition) is 8. The van der Waals surface area contributed by atoms with Crippen LogP contribution in [0.2, 0.25) is 5.02 Å². The summed E-state index contributed by atoms with van der Waals surface area (Å²) < 4.78 is 17.6. The molecule has 9 nitrogen and oxygen atoms in total. The number of anilines is 2. The zero-order valence-electron chi connectivity index (χ0n) is 23.0. The number of hydrogen-bond donors (Lipinski definition) is 1. The Bertz CT molecular complexity index is 1610. The van der Waals surface area contributed by atoms with Crippen LogP contribution >= 0.6 is 11.6 Å². The third-order valence-corrected chi connectivity index (χ3v) is 7.27. The lowest BCUT2D eigenvalue weighted by molar-refractivity contribution is -0.125. The van der Waals surface area contributed by atoms with Gasteiger partial charge < -0.3 is 19.5 Å². The second-order valence-electron chi connectivity index (χ2n) is 9.93. The summed E-state index contributed by atoms with van der Waals surface area (Å²) in [4.78, 5) is 43.0. The second kappa shape index (κ2) is 13.5. The Morgan fingerprint density at radius 2 is 1.76 bits per heavy atom. The van der Waals surface area contributed by atoms with Crippen molar-refractivity contribution in [3.63, 3.8) is 0 Å². The molecule has 2 heterocycles. The molecule has 0 spiro atoms. The minimum atomic E-state index is -0.448. The van der Waals surface area contributed by atoms with Crippen molar-refractivity contribution in [2.45, 2.75) is 25.8 Å². The van der Waals surface area contributed by atoms with Crippen LogP contribution in [0.25, 0.3) is 0 Å². The van der Waals surface area contributed by atoms with E-state index in [0.29, 0.717) is 65.3 Å². The van der Waals surface area contributed by atoms with Gasteiger partial charge in [0.05, 0.1) is 19.2 Å². The standard InChI is InChI=1S/C32H30ClN3O6/c1-40-31(39)23-3-2-4-28(17-23)42-27-11-9-26(10-12-27)35-32-34-19-24(18-29(37)22-13-15-41-16-14-22)30(38)36(32)20-21-5-7-25(33)8-6-21/h2-12,17,19,22H,13-16,18,20H2,1H3,(H,34,35). The number of methoxy groups -OCH3 is 1. The fourth-order valence-corrected chi connectivity index (χ4v) is 4.83.